The topological polar surface area (TPSA) is 76.0 Å². The lowest BCUT2D eigenvalue weighted by Gasteiger charge is -2.12. The average molecular weight is 407 g/mol. The normalized spacial score (nSPS) is 13.1. The highest BCUT2D eigenvalue weighted by molar-refractivity contribution is 7.99. The summed E-state index contributed by atoms with van der Waals surface area (Å²) >= 11 is 1.31. The summed E-state index contributed by atoms with van der Waals surface area (Å²) in [6.07, 6.45) is 3.77. The molecule has 1 aliphatic carbocycles. The van der Waals surface area contributed by atoms with E-state index in [1.54, 1.807) is 0 Å². The van der Waals surface area contributed by atoms with Crippen molar-refractivity contribution in [3.8, 4) is 16.9 Å². The monoisotopic (exact) mass is 406 g/mol. The molecular weight excluding hydrogens is 384 g/mol. The van der Waals surface area contributed by atoms with Crippen molar-refractivity contribution in [2.75, 3.05) is 5.75 Å². The number of imidazole rings is 1. The third-order valence-corrected chi connectivity index (χ3v) is 5.54. The number of amides is 3. The molecule has 3 amide bonds. The van der Waals surface area contributed by atoms with Gasteiger partial charge < -0.3 is 5.32 Å². The molecule has 0 bridgehead atoms. The van der Waals surface area contributed by atoms with Gasteiger partial charge in [-0.25, -0.2) is 9.78 Å². The van der Waals surface area contributed by atoms with Gasteiger partial charge in [-0.2, -0.15) is 0 Å². The van der Waals surface area contributed by atoms with Crippen LogP contribution in [0.4, 0.5) is 4.79 Å². The first-order valence-corrected chi connectivity index (χ1v) is 10.5. The number of carbonyl (C=O) groups excluding carboxylic acids is 2. The van der Waals surface area contributed by atoms with Crippen molar-refractivity contribution in [1.82, 2.24) is 20.2 Å². The molecule has 1 fully saturated rings. The molecule has 1 heterocycles. The van der Waals surface area contributed by atoms with E-state index in [1.165, 1.54) is 17.3 Å². The van der Waals surface area contributed by atoms with E-state index in [0.29, 0.717) is 5.16 Å². The first kappa shape index (κ1) is 19.3. The van der Waals surface area contributed by atoms with Crippen LogP contribution in [0.5, 0.6) is 0 Å². The van der Waals surface area contributed by atoms with Crippen LogP contribution in [-0.4, -0.2) is 33.3 Å². The molecule has 29 heavy (non-hydrogen) atoms. The summed E-state index contributed by atoms with van der Waals surface area (Å²) in [5.74, 6) is -0.234. The van der Waals surface area contributed by atoms with Crippen LogP contribution in [0.3, 0.4) is 0 Å². The third kappa shape index (κ3) is 4.86. The quantitative estimate of drug-likeness (QED) is 0.608. The number of urea groups is 1. The zero-order valence-corrected chi connectivity index (χ0v) is 16.9. The maximum Gasteiger partial charge on any atom is 0.321 e. The van der Waals surface area contributed by atoms with Crippen LogP contribution < -0.4 is 10.6 Å². The molecule has 0 radical (unpaired) electrons. The highest BCUT2D eigenvalue weighted by Crippen LogP contribution is 2.29. The van der Waals surface area contributed by atoms with Gasteiger partial charge in [0.1, 0.15) is 0 Å². The minimum absolute atomic E-state index is 0.106. The highest BCUT2D eigenvalue weighted by Gasteiger charge is 2.24. The number of thioether (sulfide) groups is 1. The molecule has 0 atom stereocenters. The van der Waals surface area contributed by atoms with Crippen LogP contribution in [0.1, 0.15) is 18.4 Å². The maximum atomic E-state index is 12.2. The van der Waals surface area contributed by atoms with E-state index in [4.69, 9.17) is 0 Å². The number of nitrogens with zero attached hydrogens (tertiary/aromatic N) is 2. The minimum atomic E-state index is -0.426. The second-order valence-electron chi connectivity index (χ2n) is 7.05. The molecule has 1 aromatic heterocycles. The van der Waals surface area contributed by atoms with Gasteiger partial charge in [0, 0.05) is 17.3 Å². The van der Waals surface area contributed by atoms with Crippen molar-refractivity contribution in [2.24, 2.45) is 0 Å². The van der Waals surface area contributed by atoms with Crippen molar-refractivity contribution >= 4 is 23.7 Å². The summed E-state index contributed by atoms with van der Waals surface area (Å²) in [5.41, 5.74) is 4.14. The molecule has 148 valence electrons. The SMILES string of the molecule is Cc1ccc(-n2c(-c3ccccc3)cnc2SCC(=O)NC(=O)NC2CC2)cc1. The van der Waals surface area contributed by atoms with Crippen molar-refractivity contribution in [1.29, 1.82) is 0 Å². The van der Waals surface area contributed by atoms with E-state index in [0.717, 1.165) is 29.8 Å². The van der Waals surface area contributed by atoms with Gasteiger partial charge in [-0.3, -0.25) is 14.7 Å². The third-order valence-electron chi connectivity index (χ3n) is 4.59. The van der Waals surface area contributed by atoms with E-state index < -0.39 is 6.03 Å². The van der Waals surface area contributed by atoms with Crippen LogP contribution in [0.2, 0.25) is 0 Å². The van der Waals surface area contributed by atoms with Crippen LogP contribution in [0.15, 0.2) is 66.0 Å². The number of hydrogen-bond acceptors (Lipinski definition) is 4. The first-order chi connectivity index (χ1) is 14.1. The molecular formula is C22H22N4O2S. The molecule has 4 rings (SSSR count). The predicted molar refractivity (Wildman–Crippen MR) is 114 cm³/mol. The Labute approximate surface area is 173 Å². The van der Waals surface area contributed by atoms with Crippen molar-refractivity contribution in [3.05, 3.63) is 66.4 Å². The molecule has 2 N–H and O–H groups in total. The Bertz CT molecular complexity index is 1010. The van der Waals surface area contributed by atoms with Gasteiger partial charge >= 0.3 is 6.03 Å². The molecule has 1 aliphatic rings. The lowest BCUT2D eigenvalue weighted by molar-refractivity contribution is -0.117. The van der Waals surface area contributed by atoms with Crippen LogP contribution in [0, 0.1) is 6.92 Å². The molecule has 7 heteroatoms. The largest absolute Gasteiger partial charge is 0.335 e. The van der Waals surface area contributed by atoms with E-state index >= 15 is 0 Å². The summed E-state index contributed by atoms with van der Waals surface area (Å²) in [7, 11) is 0. The summed E-state index contributed by atoms with van der Waals surface area (Å²) < 4.78 is 2.04. The predicted octanol–water partition coefficient (Wildman–Crippen LogP) is 3.93. The van der Waals surface area contributed by atoms with Crippen molar-refractivity contribution < 1.29 is 9.59 Å². The number of nitrogens with one attached hydrogen (secondary N) is 2. The van der Waals surface area contributed by atoms with E-state index in [9.17, 15) is 9.59 Å². The Kier molecular flexibility index (Phi) is 5.67. The molecule has 2 aromatic carbocycles. The van der Waals surface area contributed by atoms with Gasteiger partial charge in [-0.15, -0.1) is 0 Å². The number of aryl methyl sites for hydroxylation is 1. The van der Waals surface area contributed by atoms with Gasteiger partial charge in [-0.1, -0.05) is 59.8 Å². The zero-order chi connectivity index (χ0) is 20.2. The number of imide groups is 1. The lowest BCUT2D eigenvalue weighted by Crippen LogP contribution is -2.41. The summed E-state index contributed by atoms with van der Waals surface area (Å²) in [6, 6.07) is 18.0. The molecule has 0 saturated heterocycles. The Morgan fingerprint density at radius 1 is 1.10 bits per heavy atom. The Balaban J connectivity index is 1.54. The van der Waals surface area contributed by atoms with Gasteiger partial charge in [0.15, 0.2) is 5.16 Å². The van der Waals surface area contributed by atoms with Crippen LogP contribution in [-0.2, 0) is 4.79 Å². The molecule has 1 saturated carbocycles. The second-order valence-corrected chi connectivity index (χ2v) is 7.99. The molecule has 3 aromatic rings. The van der Waals surface area contributed by atoms with Crippen molar-refractivity contribution in [3.63, 3.8) is 0 Å². The smallest absolute Gasteiger partial charge is 0.321 e. The Morgan fingerprint density at radius 3 is 2.52 bits per heavy atom. The minimum Gasteiger partial charge on any atom is -0.335 e. The standard InChI is InChI=1S/C22H22N4O2S/c1-15-7-11-18(12-8-15)26-19(16-5-3-2-4-6-16)13-23-22(26)29-14-20(27)25-21(28)24-17-9-10-17/h2-8,11-13,17H,9-10,14H2,1H3,(H2,24,25,27,28). The number of carbonyl (C=O) groups is 2. The molecule has 0 aliphatic heterocycles. The van der Waals surface area contributed by atoms with E-state index in [1.807, 2.05) is 72.3 Å². The zero-order valence-electron chi connectivity index (χ0n) is 16.1. The van der Waals surface area contributed by atoms with Gasteiger partial charge in [-0.05, 0) is 31.9 Å². The fraction of sp³-hybridized carbons (Fsp3) is 0.227. The Morgan fingerprint density at radius 2 is 1.83 bits per heavy atom. The van der Waals surface area contributed by atoms with E-state index in [2.05, 4.69) is 15.6 Å². The summed E-state index contributed by atoms with van der Waals surface area (Å²) in [4.78, 5) is 28.5. The van der Waals surface area contributed by atoms with Crippen molar-refractivity contribution in [2.45, 2.75) is 31.0 Å². The van der Waals surface area contributed by atoms with Crippen LogP contribution >= 0.6 is 11.8 Å². The fourth-order valence-electron chi connectivity index (χ4n) is 2.93. The molecule has 6 nitrogen and oxygen atoms in total. The number of rotatable bonds is 6. The van der Waals surface area contributed by atoms with Gasteiger partial charge in [0.25, 0.3) is 0 Å². The number of aromatic nitrogens is 2. The summed E-state index contributed by atoms with van der Waals surface area (Å²) in [6.45, 7) is 2.04. The number of hydrogen-bond donors (Lipinski definition) is 2. The lowest BCUT2D eigenvalue weighted by atomic mass is 10.1. The van der Waals surface area contributed by atoms with Gasteiger partial charge in [0.2, 0.25) is 5.91 Å². The van der Waals surface area contributed by atoms with Gasteiger partial charge in [0.05, 0.1) is 17.6 Å². The Hall–Kier alpha value is -3.06. The second kappa shape index (κ2) is 8.53. The van der Waals surface area contributed by atoms with Crippen LogP contribution in [0.25, 0.3) is 16.9 Å². The molecule has 0 unspecified atom stereocenters. The molecule has 0 spiro atoms. The first-order valence-electron chi connectivity index (χ1n) is 9.53. The summed E-state index contributed by atoms with van der Waals surface area (Å²) in [5, 5.41) is 5.83. The average Bonchev–Trinajstić information content (AvgIpc) is 3.43. The number of benzene rings is 2. The fourth-order valence-corrected chi connectivity index (χ4v) is 3.73. The van der Waals surface area contributed by atoms with E-state index in [-0.39, 0.29) is 17.7 Å². The maximum absolute atomic E-state index is 12.2. The highest BCUT2D eigenvalue weighted by atomic mass is 32.2.